The Labute approximate surface area is 155 Å². The molecular weight excluding hydrogens is 365 g/mol. The van der Waals surface area contributed by atoms with Crippen LogP contribution in [-0.4, -0.2) is 25.1 Å². The number of para-hydroxylation sites is 1. The first-order chi connectivity index (χ1) is 11.9. The number of ether oxygens (including phenoxy) is 2. The summed E-state index contributed by atoms with van der Waals surface area (Å²) in [6.07, 6.45) is -0.961. The van der Waals surface area contributed by atoms with Gasteiger partial charge in [-0.05, 0) is 31.2 Å². The maximum Gasteiger partial charge on any atom is 0.338 e. The zero-order chi connectivity index (χ0) is 18.4. The van der Waals surface area contributed by atoms with Crippen LogP contribution in [0.25, 0.3) is 0 Å². The summed E-state index contributed by atoms with van der Waals surface area (Å²) in [5, 5.41) is 3.28. The van der Waals surface area contributed by atoms with E-state index in [1.807, 2.05) is 18.2 Å². The maximum atomic E-state index is 12.1. The Kier molecular flexibility index (Phi) is 6.67. The number of carbonyl (C=O) groups excluding carboxylic acids is 2. The number of rotatable bonds is 6. The Morgan fingerprint density at radius 3 is 2.52 bits per heavy atom. The van der Waals surface area contributed by atoms with Crippen LogP contribution in [0.4, 0.5) is 0 Å². The van der Waals surface area contributed by atoms with Gasteiger partial charge in [-0.1, -0.05) is 41.4 Å². The van der Waals surface area contributed by atoms with Gasteiger partial charge in [-0.2, -0.15) is 0 Å². The number of esters is 1. The molecule has 2 rings (SSSR count). The summed E-state index contributed by atoms with van der Waals surface area (Å²) in [6, 6.07) is 11.7. The first-order valence-electron chi connectivity index (χ1n) is 7.48. The average Bonchev–Trinajstić information content (AvgIpc) is 2.61. The van der Waals surface area contributed by atoms with Gasteiger partial charge in [0, 0.05) is 12.1 Å². The highest BCUT2D eigenvalue weighted by Crippen LogP contribution is 2.23. The number of nitrogens with one attached hydrogen (secondary N) is 1. The summed E-state index contributed by atoms with van der Waals surface area (Å²) < 4.78 is 10.4. The molecular formula is C18H17Cl2NO4. The molecule has 0 aliphatic heterocycles. The normalized spacial score (nSPS) is 11.5. The smallest absolute Gasteiger partial charge is 0.338 e. The summed E-state index contributed by atoms with van der Waals surface area (Å²) in [5.74, 6) is -0.402. The standard InChI is InChI=1S/C18H17Cl2NO4/c1-11(25-18(23)12-7-8-14(19)15(20)9-12)17(22)21-10-13-5-3-4-6-16(13)24-2/h3-9,11H,10H2,1-2H3,(H,21,22)/t11-/m0/s1. The third-order valence-electron chi connectivity index (χ3n) is 3.45. The summed E-state index contributed by atoms with van der Waals surface area (Å²) in [6.45, 7) is 1.75. The molecule has 0 radical (unpaired) electrons. The third-order valence-corrected chi connectivity index (χ3v) is 4.19. The summed E-state index contributed by atoms with van der Waals surface area (Å²) >= 11 is 11.7. The predicted octanol–water partition coefficient (Wildman–Crippen LogP) is 3.86. The molecule has 0 heterocycles. The monoisotopic (exact) mass is 381 g/mol. The van der Waals surface area contributed by atoms with Gasteiger partial charge in [-0.25, -0.2) is 4.79 Å². The quantitative estimate of drug-likeness (QED) is 0.771. The van der Waals surface area contributed by atoms with E-state index in [0.717, 1.165) is 5.56 Å². The van der Waals surface area contributed by atoms with Crippen LogP contribution < -0.4 is 10.1 Å². The topological polar surface area (TPSA) is 64.6 Å². The molecule has 25 heavy (non-hydrogen) atoms. The Bertz CT molecular complexity index is 779. The van der Waals surface area contributed by atoms with E-state index in [9.17, 15) is 9.59 Å². The second kappa shape index (κ2) is 8.74. The number of benzene rings is 2. The lowest BCUT2D eigenvalue weighted by atomic mass is 10.2. The first kappa shape index (κ1) is 19.1. The minimum absolute atomic E-state index is 0.221. The van der Waals surface area contributed by atoms with Crippen LogP contribution in [0, 0.1) is 0 Å². The van der Waals surface area contributed by atoms with Crippen molar-refractivity contribution < 1.29 is 19.1 Å². The molecule has 0 saturated carbocycles. The van der Waals surface area contributed by atoms with E-state index in [4.69, 9.17) is 32.7 Å². The molecule has 5 nitrogen and oxygen atoms in total. The molecule has 2 aromatic rings. The van der Waals surface area contributed by atoms with E-state index in [2.05, 4.69) is 5.32 Å². The third kappa shape index (κ3) is 5.11. The number of amides is 1. The number of carbonyl (C=O) groups is 2. The highest BCUT2D eigenvalue weighted by atomic mass is 35.5. The van der Waals surface area contributed by atoms with Crippen molar-refractivity contribution in [2.45, 2.75) is 19.6 Å². The second-order valence-electron chi connectivity index (χ2n) is 5.21. The van der Waals surface area contributed by atoms with Crippen LogP contribution in [-0.2, 0) is 16.1 Å². The van der Waals surface area contributed by atoms with E-state index in [0.29, 0.717) is 10.8 Å². The lowest BCUT2D eigenvalue weighted by molar-refractivity contribution is -0.129. The molecule has 0 aromatic heterocycles. The van der Waals surface area contributed by atoms with Gasteiger partial charge in [0.05, 0.1) is 22.7 Å². The lowest BCUT2D eigenvalue weighted by Gasteiger charge is -2.15. The molecule has 2 aromatic carbocycles. The van der Waals surface area contributed by atoms with Gasteiger partial charge in [0.15, 0.2) is 6.10 Å². The molecule has 0 fully saturated rings. The zero-order valence-electron chi connectivity index (χ0n) is 13.7. The van der Waals surface area contributed by atoms with Crippen molar-refractivity contribution in [1.29, 1.82) is 0 Å². The molecule has 7 heteroatoms. The molecule has 132 valence electrons. The van der Waals surface area contributed by atoms with E-state index >= 15 is 0 Å². The van der Waals surface area contributed by atoms with Crippen LogP contribution >= 0.6 is 23.2 Å². The van der Waals surface area contributed by atoms with Crippen LogP contribution in [0.5, 0.6) is 5.75 Å². The van der Waals surface area contributed by atoms with Gasteiger partial charge in [-0.3, -0.25) is 4.79 Å². The minimum Gasteiger partial charge on any atom is -0.496 e. The summed E-state index contributed by atoms with van der Waals surface area (Å²) in [4.78, 5) is 24.2. The Morgan fingerprint density at radius 2 is 1.84 bits per heavy atom. The van der Waals surface area contributed by atoms with Crippen LogP contribution in [0.15, 0.2) is 42.5 Å². The number of hydrogen-bond donors (Lipinski definition) is 1. The predicted molar refractivity (Wildman–Crippen MR) is 96.2 cm³/mol. The van der Waals surface area contributed by atoms with Crippen LogP contribution in [0.3, 0.4) is 0 Å². The largest absolute Gasteiger partial charge is 0.496 e. The van der Waals surface area contributed by atoms with E-state index in [1.54, 1.807) is 13.2 Å². The first-order valence-corrected chi connectivity index (χ1v) is 8.23. The van der Waals surface area contributed by atoms with Crippen molar-refractivity contribution >= 4 is 35.1 Å². The van der Waals surface area contributed by atoms with Gasteiger partial charge < -0.3 is 14.8 Å². The second-order valence-corrected chi connectivity index (χ2v) is 6.02. The van der Waals surface area contributed by atoms with Crippen molar-refractivity contribution in [3.8, 4) is 5.75 Å². The van der Waals surface area contributed by atoms with Crippen molar-refractivity contribution in [2.24, 2.45) is 0 Å². The number of halogens is 2. The van der Waals surface area contributed by atoms with Crippen LogP contribution in [0.1, 0.15) is 22.8 Å². The maximum absolute atomic E-state index is 12.1. The van der Waals surface area contributed by atoms with Crippen molar-refractivity contribution in [1.82, 2.24) is 5.32 Å². The Morgan fingerprint density at radius 1 is 1.12 bits per heavy atom. The molecule has 0 aliphatic carbocycles. The van der Waals surface area contributed by atoms with Gasteiger partial charge in [0.1, 0.15) is 5.75 Å². The molecule has 1 N–H and O–H groups in total. The van der Waals surface area contributed by atoms with Crippen molar-refractivity contribution in [3.05, 3.63) is 63.6 Å². The summed E-state index contributed by atoms with van der Waals surface area (Å²) in [5.41, 5.74) is 1.04. The number of hydrogen-bond acceptors (Lipinski definition) is 4. The molecule has 1 atom stereocenters. The molecule has 0 spiro atoms. The lowest BCUT2D eigenvalue weighted by Crippen LogP contribution is -2.35. The number of methoxy groups -OCH3 is 1. The molecule has 0 aliphatic rings. The Balaban J connectivity index is 1.93. The summed E-state index contributed by atoms with van der Waals surface area (Å²) in [7, 11) is 1.56. The molecule has 0 bridgehead atoms. The SMILES string of the molecule is COc1ccccc1CNC(=O)[C@H](C)OC(=O)c1ccc(Cl)c(Cl)c1. The highest BCUT2D eigenvalue weighted by Gasteiger charge is 2.19. The Hall–Kier alpha value is -2.24. The van der Waals surface area contributed by atoms with Gasteiger partial charge >= 0.3 is 5.97 Å². The van der Waals surface area contributed by atoms with Gasteiger partial charge in [0.2, 0.25) is 0 Å². The van der Waals surface area contributed by atoms with E-state index < -0.39 is 18.0 Å². The van der Waals surface area contributed by atoms with E-state index in [1.165, 1.54) is 25.1 Å². The van der Waals surface area contributed by atoms with Gasteiger partial charge in [-0.15, -0.1) is 0 Å². The molecule has 0 saturated heterocycles. The fourth-order valence-electron chi connectivity index (χ4n) is 2.08. The molecule has 0 unspecified atom stereocenters. The zero-order valence-corrected chi connectivity index (χ0v) is 15.2. The average molecular weight is 382 g/mol. The molecule has 1 amide bonds. The highest BCUT2D eigenvalue weighted by molar-refractivity contribution is 6.42. The fourth-order valence-corrected chi connectivity index (χ4v) is 2.38. The van der Waals surface area contributed by atoms with E-state index in [-0.39, 0.29) is 17.1 Å². The van der Waals surface area contributed by atoms with Crippen molar-refractivity contribution in [3.63, 3.8) is 0 Å². The van der Waals surface area contributed by atoms with Gasteiger partial charge in [0.25, 0.3) is 5.91 Å². The van der Waals surface area contributed by atoms with Crippen molar-refractivity contribution in [2.75, 3.05) is 7.11 Å². The minimum atomic E-state index is -0.961. The van der Waals surface area contributed by atoms with Crippen LogP contribution in [0.2, 0.25) is 10.0 Å². The fraction of sp³-hybridized carbons (Fsp3) is 0.222.